The van der Waals surface area contributed by atoms with Crippen LogP contribution in [-0.2, 0) is 0 Å². The van der Waals surface area contributed by atoms with E-state index >= 15 is 0 Å². The largest absolute Gasteiger partial charge is 0.0856 e. The van der Waals surface area contributed by atoms with Crippen molar-refractivity contribution < 1.29 is 0 Å². The molecule has 0 fully saturated rings. The maximum absolute atomic E-state index is 2.51. The topological polar surface area (TPSA) is 0 Å². The fraction of sp³-hybridized carbons (Fsp3) is 0.647. The van der Waals surface area contributed by atoms with Gasteiger partial charge in [-0.2, -0.15) is 0 Å². The first-order chi connectivity index (χ1) is 16.0. The van der Waals surface area contributed by atoms with Crippen molar-refractivity contribution in [3.05, 3.63) is 69.9 Å². The summed E-state index contributed by atoms with van der Waals surface area (Å²) in [6.45, 7) is 22.7. The summed E-state index contributed by atoms with van der Waals surface area (Å²) >= 11 is 0. The highest BCUT2D eigenvalue weighted by Crippen LogP contribution is 2.32. The van der Waals surface area contributed by atoms with Crippen LogP contribution >= 0.6 is 0 Å². The van der Waals surface area contributed by atoms with E-state index < -0.39 is 0 Å². The van der Waals surface area contributed by atoms with Gasteiger partial charge in [-0.25, -0.2) is 0 Å². The Morgan fingerprint density at radius 3 is 1.06 bits per heavy atom. The maximum Gasteiger partial charge on any atom is -0.0259 e. The van der Waals surface area contributed by atoms with E-state index in [1.54, 1.807) is 11.1 Å². The minimum Gasteiger partial charge on any atom is -0.0856 e. The molecule has 0 aliphatic heterocycles. The van der Waals surface area contributed by atoms with Gasteiger partial charge < -0.3 is 0 Å². The number of hydrogen-bond donors (Lipinski definition) is 0. The van der Waals surface area contributed by atoms with Gasteiger partial charge in [0.2, 0.25) is 0 Å². The molecule has 194 valence electrons. The van der Waals surface area contributed by atoms with Gasteiger partial charge in [0, 0.05) is 0 Å². The number of allylic oxidation sites excluding steroid dienone is 12. The fourth-order valence-corrected chi connectivity index (χ4v) is 3.89. The van der Waals surface area contributed by atoms with Crippen LogP contribution in [0.5, 0.6) is 0 Å². The van der Waals surface area contributed by atoms with E-state index in [4.69, 9.17) is 0 Å². The molecule has 0 aromatic heterocycles. The van der Waals surface area contributed by atoms with Crippen LogP contribution in [0, 0.1) is 5.41 Å². The number of hydrogen-bond acceptors (Lipinski definition) is 0. The SMILES string of the molecule is CCC(C)(C/C=C(\C)CC/C=C(\C)CCC=C(C)C)C/C=C(\C)CC/C=C(\C)CCC=C(C)C. The molecule has 0 aliphatic rings. The predicted molar refractivity (Wildman–Crippen MR) is 158 cm³/mol. The van der Waals surface area contributed by atoms with E-state index in [1.807, 2.05) is 0 Å². The smallest absolute Gasteiger partial charge is 0.0259 e. The highest BCUT2D eigenvalue weighted by atomic mass is 14.2. The van der Waals surface area contributed by atoms with Crippen LogP contribution in [-0.4, -0.2) is 0 Å². The van der Waals surface area contributed by atoms with E-state index in [0.29, 0.717) is 5.41 Å². The normalized spacial score (nSPS) is 13.8. The van der Waals surface area contributed by atoms with Crippen LogP contribution in [0.2, 0.25) is 0 Å². The van der Waals surface area contributed by atoms with Gasteiger partial charge in [0.25, 0.3) is 0 Å². The van der Waals surface area contributed by atoms with E-state index in [0.717, 1.165) is 0 Å². The standard InChI is InChI=1S/C34H58/c1-11-34(10,26-24-32(8)22-14-20-30(6)18-12-16-28(2)3)27-25-33(9)23-15-21-31(7)19-13-17-29(4)5/h16-17,20-21,24-25H,11-15,18-19,22-23,26-27H2,1-10H3/b30-20+,31-21+,32-24+,33-25+. The van der Waals surface area contributed by atoms with E-state index in [2.05, 4.69) is 106 Å². The second-order valence-corrected chi connectivity index (χ2v) is 11.5. The molecular formula is C34H58. The Balaban J connectivity index is 4.53. The summed E-state index contributed by atoms with van der Waals surface area (Å²) in [4.78, 5) is 0. The summed E-state index contributed by atoms with van der Waals surface area (Å²) in [7, 11) is 0. The molecule has 0 aromatic rings. The Hall–Kier alpha value is -1.56. The Morgan fingerprint density at radius 2 is 0.765 bits per heavy atom. The average molecular weight is 467 g/mol. The lowest BCUT2D eigenvalue weighted by Gasteiger charge is -2.26. The molecular weight excluding hydrogens is 408 g/mol. The van der Waals surface area contributed by atoms with Gasteiger partial charge in [0.15, 0.2) is 0 Å². The molecule has 0 unspecified atom stereocenters. The maximum atomic E-state index is 2.51. The van der Waals surface area contributed by atoms with Crippen molar-refractivity contribution in [1.82, 2.24) is 0 Å². The summed E-state index contributed by atoms with van der Waals surface area (Å²) in [6, 6.07) is 0. The second-order valence-electron chi connectivity index (χ2n) is 11.5. The number of rotatable bonds is 17. The lowest BCUT2D eigenvalue weighted by atomic mass is 9.79. The van der Waals surface area contributed by atoms with Crippen molar-refractivity contribution >= 4 is 0 Å². The molecule has 0 rings (SSSR count). The Kier molecular flexibility index (Phi) is 17.9. The van der Waals surface area contributed by atoms with Gasteiger partial charge >= 0.3 is 0 Å². The molecule has 0 nitrogen and oxygen atoms in total. The zero-order valence-corrected chi connectivity index (χ0v) is 24.7. The Labute approximate surface area is 215 Å². The zero-order valence-electron chi connectivity index (χ0n) is 24.7. The highest BCUT2D eigenvalue weighted by molar-refractivity contribution is 5.09. The van der Waals surface area contributed by atoms with Crippen LogP contribution in [0.25, 0.3) is 0 Å². The van der Waals surface area contributed by atoms with Crippen molar-refractivity contribution in [2.75, 3.05) is 0 Å². The first-order valence-corrected chi connectivity index (χ1v) is 13.9. The van der Waals surface area contributed by atoms with Crippen LogP contribution in [0.1, 0.15) is 140 Å². The molecule has 0 saturated heterocycles. The Bertz CT molecular complexity index is 677. The third-order valence-corrected chi connectivity index (χ3v) is 6.99. The zero-order chi connectivity index (χ0) is 26.0. The molecule has 0 spiro atoms. The van der Waals surface area contributed by atoms with Crippen molar-refractivity contribution in [3.8, 4) is 0 Å². The van der Waals surface area contributed by atoms with Gasteiger partial charge in [-0.15, -0.1) is 0 Å². The van der Waals surface area contributed by atoms with Crippen LogP contribution in [0.15, 0.2) is 69.9 Å². The molecule has 0 N–H and O–H groups in total. The molecule has 0 atom stereocenters. The molecule has 0 aromatic carbocycles. The predicted octanol–water partition coefficient (Wildman–Crippen LogP) is 12.0. The third kappa shape index (κ3) is 18.8. The van der Waals surface area contributed by atoms with Crippen molar-refractivity contribution in [1.29, 1.82) is 0 Å². The van der Waals surface area contributed by atoms with E-state index in [-0.39, 0.29) is 0 Å². The lowest BCUT2D eigenvalue weighted by molar-refractivity contribution is 0.317. The first-order valence-electron chi connectivity index (χ1n) is 13.9. The third-order valence-electron chi connectivity index (χ3n) is 6.99. The summed E-state index contributed by atoms with van der Waals surface area (Å²) in [5.74, 6) is 0. The van der Waals surface area contributed by atoms with Gasteiger partial charge in [0.05, 0.1) is 0 Å². The molecule has 0 bridgehead atoms. The van der Waals surface area contributed by atoms with Crippen molar-refractivity contribution in [3.63, 3.8) is 0 Å². The molecule has 0 aliphatic carbocycles. The summed E-state index contributed by atoms with van der Waals surface area (Å²) in [6.07, 6.45) is 27.7. The molecule has 0 saturated carbocycles. The van der Waals surface area contributed by atoms with Gasteiger partial charge in [-0.3, -0.25) is 0 Å². The monoisotopic (exact) mass is 466 g/mol. The molecule has 34 heavy (non-hydrogen) atoms. The van der Waals surface area contributed by atoms with Gasteiger partial charge in [-0.05, 0) is 125 Å². The van der Waals surface area contributed by atoms with E-state index in [1.165, 1.54) is 92.9 Å². The summed E-state index contributed by atoms with van der Waals surface area (Å²) < 4.78 is 0. The average Bonchev–Trinajstić information content (AvgIpc) is 2.76. The van der Waals surface area contributed by atoms with E-state index in [9.17, 15) is 0 Å². The second kappa shape index (κ2) is 18.7. The Morgan fingerprint density at radius 1 is 0.471 bits per heavy atom. The van der Waals surface area contributed by atoms with Crippen LogP contribution < -0.4 is 0 Å². The van der Waals surface area contributed by atoms with Crippen LogP contribution in [0.3, 0.4) is 0 Å². The minimum absolute atomic E-state index is 0.370. The first kappa shape index (κ1) is 32.4. The molecule has 0 radical (unpaired) electrons. The summed E-state index contributed by atoms with van der Waals surface area (Å²) in [5.41, 5.74) is 9.37. The van der Waals surface area contributed by atoms with Crippen molar-refractivity contribution in [2.45, 2.75) is 140 Å². The van der Waals surface area contributed by atoms with Gasteiger partial charge in [0.1, 0.15) is 0 Å². The van der Waals surface area contributed by atoms with Gasteiger partial charge in [-0.1, -0.05) is 90.2 Å². The molecule has 0 amide bonds. The quantitative estimate of drug-likeness (QED) is 0.187. The molecule has 0 heteroatoms. The molecule has 0 heterocycles. The van der Waals surface area contributed by atoms with Crippen molar-refractivity contribution in [2.24, 2.45) is 5.41 Å². The highest BCUT2D eigenvalue weighted by Gasteiger charge is 2.19. The fourth-order valence-electron chi connectivity index (χ4n) is 3.89. The van der Waals surface area contributed by atoms with Crippen LogP contribution in [0.4, 0.5) is 0 Å². The summed E-state index contributed by atoms with van der Waals surface area (Å²) in [5, 5.41) is 0. The lowest BCUT2D eigenvalue weighted by Crippen LogP contribution is -2.13. The minimum atomic E-state index is 0.370.